The smallest absolute Gasteiger partial charge is 0.249 e. The molecule has 26 heavy (non-hydrogen) atoms. The van der Waals surface area contributed by atoms with Gasteiger partial charge in [-0.3, -0.25) is 14.3 Å². The monoisotopic (exact) mass is 356 g/mol. The molecule has 0 radical (unpaired) electrons. The summed E-state index contributed by atoms with van der Waals surface area (Å²) in [6.45, 7) is 5.59. The minimum atomic E-state index is -0.614. The molecule has 1 aliphatic rings. The van der Waals surface area contributed by atoms with E-state index in [1.165, 1.54) is 0 Å². The number of aryl methyl sites for hydroxylation is 2. The Bertz CT molecular complexity index is 772. The molecule has 0 spiro atoms. The van der Waals surface area contributed by atoms with Gasteiger partial charge in [0.05, 0.1) is 18.8 Å². The number of amides is 2. The lowest BCUT2D eigenvalue weighted by Crippen LogP contribution is -2.56. The Kier molecular flexibility index (Phi) is 5.68. The first-order chi connectivity index (χ1) is 12.5. The maximum absolute atomic E-state index is 12.6. The zero-order chi connectivity index (χ0) is 18.5. The highest BCUT2D eigenvalue weighted by molar-refractivity contribution is 5.89. The Morgan fingerprint density at radius 1 is 1.31 bits per heavy atom. The van der Waals surface area contributed by atoms with Gasteiger partial charge in [-0.15, -0.1) is 0 Å². The number of hydrogen-bond donors (Lipinski definition) is 1. The summed E-state index contributed by atoms with van der Waals surface area (Å²) in [5.74, 6) is -0.366. The fourth-order valence-corrected chi connectivity index (χ4v) is 3.10. The maximum Gasteiger partial charge on any atom is 0.249 e. The average Bonchev–Trinajstić information content (AvgIpc) is 2.95. The van der Waals surface area contributed by atoms with E-state index in [-0.39, 0.29) is 25.0 Å². The van der Waals surface area contributed by atoms with Crippen LogP contribution in [0.3, 0.4) is 0 Å². The molecule has 0 unspecified atom stereocenters. The van der Waals surface area contributed by atoms with E-state index in [1.54, 1.807) is 4.90 Å². The number of hydrogen-bond acceptors (Lipinski definition) is 4. The summed E-state index contributed by atoms with van der Waals surface area (Å²) in [5, 5.41) is 7.28. The lowest BCUT2D eigenvalue weighted by molar-refractivity contribution is -0.155. The van der Waals surface area contributed by atoms with Gasteiger partial charge in [-0.1, -0.05) is 30.3 Å². The molecule has 0 aliphatic carbocycles. The number of rotatable bonds is 6. The highest BCUT2D eigenvalue weighted by Crippen LogP contribution is 2.14. The van der Waals surface area contributed by atoms with Gasteiger partial charge in [0.25, 0.3) is 0 Å². The van der Waals surface area contributed by atoms with Gasteiger partial charge in [0.15, 0.2) is 0 Å². The summed E-state index contributed by atoms with van der Waals surface area (Å²) in [5.41, 5.74) is 3.00. The second-order valence-electron chi connectivity index (χ2n) is 6.48. The Labute approximate surface area is 152 Å². The maximum atomic E-state index is 12.6. The Balaban J connectivity index is 1.60. The van der Waals surface area contributed by atoms with Gasteiger partial charge >= 0.3 is 0 Å². The minimum absolute atomic E-state index is 0.0162. The van der Waals surface area contributed by atoms with Crippen molar-refractivity contribution in [2.24, 2.45) is 0 Å². The summed E-state index contributed by atoms with van der Waals surface area (Å²) in [6.07, 6.45) is 0. The zero-order valence-electron chi connectivity index (χ0n) is 15.1. The molecular formula is C19H24N4O3. The molecule has 1 N–H and O–H groups in total. The van der Waals surface area contributed by atoms with Crippen LogP contribution in [0, 0.1) is 13.8 Å². The summed E-state index contributed by atoms with van der Waals surface area (Å²) in [6, 6.07) is 11.0. The van der Waals surface area contributed by atoms with Crippen molar-refractivity contribution < 1.29 is 14.3 Å². The van der Waals surface area contributed by atoms with E-state index in [1.807, 2.05) is 54.9 Å². The molecule has 0 bridgehead atoms. The largest absolute Gasteiger partial charge is 0.369 e. The molecule has 1 aromatic carbocycles. The quantitative estimate of drug-likeness (QED) is 0.839. The highest BCUT2D eigenvalue weighted by atomic mass is 16.5. The normalized spacial score (nSPS) is 17.4. The van der Waals surface area contributed by atoms with E-state index in [2.05, 4.69) is 10.4 Å². The summed E-state index contributed by atoms with van der Waals surface area (Å²) < 4.78 is 7.16. The Morgan fingerprint density at radius 3 is 2.77 bits per heavy atom. The van der Waals surface area contributed by atoms with E-state index in [0.29, 0.717) is 19.6 Å². The van der Waals surface area contributed by atoms with E-state index < -0.39 is 6.04 Å². The molecular weight excluding hydrogens is 332 g/mol. The number of morpholine rings is 1. The van der Waals surface area contributed by atoms with Crippen LogP contribution in [0.15, 0.2) is 36.4 Å². The van der Waals surface area contributed by atoms with Crippen LogP contribution in [-0.2, 0) is 27.4 Å². The predicted molar refractivity (Wildman–Crippen MR) is 96.3 cm³/mol. The van der Waals surface area contributed by atoms with E-state index in [9.17, 15) is 9.59 Å². The van der Waals surface area contributed by atoms with E-state index in [0.717, 1.165) is 17.0 Å². The number of aromatic nitrogens is 2. The van der Waals surface area contributed by atoms with Crippen molar-refractivity contribution in [2.75, 3.05) is 19.8 Å². The second kappa shape index (κ2) is 8.14. The number of carbonyl (C=O) groups excluding carboxylic acids is 2. The third-order valence-electron chi connectivity index (χ3n) is 4.42. The van der Waals surface area contributed by atoms with Gasteiger partial charge in [0.1, 0.15) is 12.6 Å². The zero-order valence-corrected chi connectivity index (χ0v) is 15.1. The third kappa shape index (κ3) is 4.29. The molecule has 0 saturated carbocycles. The topological polar surface area (TPSA) is 76.5 Å². The van der Waals surface area contributed by atoms with Gasteiger partial charge in [-0.25, -0.2) is 0 Å². The van der Waals surface area contributed by atoms with Gasteiger partial charge < -0.3 is 15.0 Å². The number of nitrogens with zero attached hydrogens (tertiary/aromatic N) is 3. The van der Waals surface area contributed by atoms with Gasteiger partial charge in [-0.2, -0.15) is 5.10 Å². The fourth-order valence-electron chi connectivity index (χ4n) is 3.10. The highest BCUT2D eigenvalue weighted by Gasteiger charge is 2.33. The second-order valence-corrected chi connectivity index (χ2v) is 6.48. The average molecular weight is 356 g/mol. The number of benzene rings is 1. The van der Waals surface area contributed by atoms with Gasteiger partial charge in [0, 0.05) is 18.8 Å². The van der Waals surface area contributed by atoms with Crippen LogP contribution < -0.4 is 5.32 Å². The third-order valence-corrected chi connectivity index (χ3v) is 4.42. The Morgan fingerprint density at radius 2 is 2.08 bits per heavy atom. The van der Waals surface area contributed by atoms with Crippen molar-refractivity contribution in [3.05, 3.63) is 53.3 Å². The first-order valence-corrected chi connectivity index (χ1v) is 8.74. The first-order valence-electron chi connectivity index (χ1n) is 8.74. The van der Waals surface area contributed by atoms with Crippen LogP contribution in [0.5, 0.6) is 0 Å². The molecule has 2 aromatic rings. The van der Waals surface area contributed by atoms with Crippen molar-refractivity contribution in [1.29, 1.82) is 0 Å². The van der Waals surface area contributed by atoms with Crippen molar-refractivity contribution in [2.45, 2.75) is 33.0 Å². The van der Waals surface area contributed by atoms with E-state index >= 15 is 0 Å². The van der Waals surface area contributed by atoms with Crippen molar-refractivity contribution in [1.82, 2.24) is 20.0 Å². The van der Waals surface area contributed by atoms with Crippen LogP contribution in [0.2, 0.25) is 0 Å². The van der Waals surface area contributed by atoms with Crippen LogP contribution in [-0.4, -0.2) is 52.3 Å². The molecule has 1 aliphatic heterocycles. The molecule has 7 heteroatoms. The summed E-state index contributed by atoms with van der Waals surface area (Å²) >= 11 is 0. The van der Waals surface area contributed by atoms with Crippen molar-refractivity contribution >= 4 is 11.8 Å². The molecule has 2 amide bonds. The molecule has 1 atom stereocenters. The standard InChI is InChI=1S/C19H24N4O3/c1-14-10-15(2)23(21-14)9-8-20-19(25)17-12-26-13-18(24)22(17)11-16-6-4-3-5-7-16/h3-7,10,17H,8-9,11-13H2,1-2H3,(H,20,25)/t17-/m0/s1. The fraction of sp³-hybridized carbons (Fsp3) is 0.421. The lowest BCUT2D eigenvalue weighted by Gasteiger charge is -2.34. The van der Waals surface area contributed by atoms with Crippen molar-refractivity contribution in [3.63, 3.8) is 0 Å². The predicted octanol–water partition coefficient (Wildman–Crippen LogP) is 1.04. The molecule has 1 fully saturated rings. The number of nitrogens with one attached hydrogen (secondary N) is 1. The van der Waals surface area contributed by atoms with Crippen molar-refractivity contribution in [3.8, 4) is 0 Å². The first kappa shape index (κ1) is 18.1. The van der Waals surface area contributed by atoms with Gasteiger partial charge in [-0.05, 0) is 25.5 Å². The lowest BCUT2D eigenvalue weighted by atomic mass is 10.1. The SMILES string of the molecule is Cc1cc(C)n(CCNC(=O)[C@@H]2COCC(=O)N2Cc2ccccc2)n1. The molecule has 7 nitrogen and oxygen atoms in total. The Hall–Kier alpha value is -2.67. The van der Waals surface area contributed by atoms with Gasteiger partial charge in [0.2, 0.25) is 11.8 Å². The number of ether oxygens (including phenoxy) is 1. The molecule has 2 heterocycles. The van der Waals surface area contributed by atoms with Crippen LogP contribution >= 0.6 is 0 Å². The summed E-state index contributed by atoms with van der Waals surface area (Å²) in [7, 11) is 0. The van der Waals surface area contributed by atoms with Crippen LogP contribution in [0.1, 0.15) is 17.0 Å². The molecule has 1 aromatic heterocycles. The van der Waals surface area contributed by atoms with Crippen LogP contribution in [0.25, 0.3) is 0 Å². The number of carbonyl (C=O) groups is 2. The molecule has 1 saturated heterocycles. The summed E-state index contributed by atoms with van der Waals surface area (Å²) in [4.78, 5) is 26.5. The molecule has 138 valence electrons. The van der Waals surface area contributed by atoms with Crippen LogP contribution in [0.4, 0.5) is 0 Å². The minimum Gasteiger partial charge on any atom is -0.369 e. The molecule has 3 rings (SSSR count). The van der Waals surface area contributed by atoms with E-state index in [4.69, 9.17) is 4.74 Å².